The Balaban J connectivity index is 0.00000208. The van der Waals surface area contributed by atoms with Gasteiger partial charge in [0.1, 0.15) is 5.75 Å². The summed E-state index contributed by atoms with van der Waals surface area (Å²) in [5.41, 5.74) is 1.33. The molecule has 3 aromatic carbocycles. The van der Waals surface area contributed by atoms with Gasteiger partial charge in [-0.3, -0.25) is 0 Å². The molecule has 0 fully saturated rings. The predicted molar refractivity (Wildman–Crippen MR) is 104 cm³/mol. The van der Waals surface area contributed by atoms with Crippen LogP contribution < -0.4 is 4.74 Å². The molecule has 0 heterocycles. The highest BCUT2D eigenvalue weighted by Crippen LogP contribution is 2.24. The van der Waals surface area contributed by atoms with Gasteiger partial charge in [-0.1, -0.05) is 60.7 Å². The Hall–Kier alpha value is -2.03. The smallest absolute Gasteiger partial charge is 0.119 e. The molecule has 3 rings (SSSR count). The van der Waals surface area contributed by atoms with Gasteiger partial charge in [-0.2, -0.15) is 0 Å². The van der Waals surface area contributed by atoms with Crippen molar-refractivity contribution in [2.24, 2.45) is 0 Å². The molecule has 0 unspecified atom stereocenters. The van der Waals surface area contributed by atoms with Gasteiger partial charge in [-0.25, -0.2) is 0 Å². The van der Waals surface area contributed by atoms with Gasteiger partial charge in [-0.15, -0.1) is 12.4 Å². The number of fused-ring (bicyclic) bond motifs is 1. The summed E-state index contributed by atoms with van der Waals surface area (Å²) in [6, 6.07) is 25.6. The van der Waals surface area contributed by atoms with Crippen LogP contribution >= 0.6 is 12.4 Å². The number of benzene rings is 3. The van der Waals surface area contributed by atoms with Crippen LogP contribution in [-0.4, -0.2) is 25.6 Å². The van der Waals surface area contributed by atoms with E-state index in [1.54, 1.807) is 0 Å². The topological polar surface area (TPSA) is 12.5 Å². The monoisotopic (exact) mass is 341 g/mol. The fourth-order valence-corrected chi connectivity index (χ4v) is 2.94. The van der Waals surface area contributed by atoms with Gasteiger partial charge in [0.05, 0.1) is 6.61 Å². The van der Waals surface area contributed by atoms with Crippen LogP contribution in [0.2, 0.25) is 0 Å². The summed E-state index contributed by atoms with van der Waals surface area (Å²) in [5, 5.41) is 2.47. The van der Waals surface area contributed by atoms with Crippen LogP contribution in [0.3, 0.4) is 0 Å². The number of halogens is 1. The Labute approximate surface area is 150 Å². The zero-order valence-electron chi connectivity index (χ0n) is 14.2. The van der Waals surface area contributed by atoms with Crippen molar-refractivity contribution in [3.8, 4) is 5.75 Å². The molecule has 0 bridgehead atoms. The molecule has 0 amide bonds. The third kappa shape index (κ3) is 4.50. The van der Waals surface area contributed by atoms with E-state index < -0.39 is 0 Å². The molecule has 0 N–H and O–H groups in total. The molecule has 0 aliphatic carbocycles. The van der Waals surface area contributed by atoms with E-state index in [2.05, 4.69) is 91.8 Å². The molecule has 0 spiro atoms. The van der Waals surface area contributed by atoms with Gasteiger partial charge < -0.3 is 9.64 Å². The van der Waals surface area contributed by atoms with Crippen molar-refractivity contribution in [2.45, 2.75) is 12.5 Å². The molecule has 0 radical (unpaired) electrons. The van der Waals surface area contributed by atoms with Gasteiger partial charge in [0.15, 0.2) is 0 Å². The average Bonchev–Trinajstić information content (AvgIpc) is 2.59. The molecule has 126 valence electrons. The van der Waals surface area contributed by atoms with E-state index in [9.17, 15) is 0 Å². The number of hydrogen-bond donors (Lipinski definition) is 0. The van der Waals surface area contributed by atoms with Crippen molar-refractivity contribution in [1.82, 2.24) is 4.90 Å². The van der Waals surface area contributed by atoms with Crippen LogP contribution in [0.25, 0.3) is 10.8 Å². The summed E-state index contributed by atoms with van der Waals surface area (Å²) < 4.78 is 5.99. The Morgan fingerprint density at radius 3 is 2.21 bits per heavy atom. The first-order valence-corrected chi connectivity index (χ1v) is 8.07. The van der Waals surface area contributed by atoms with E-state index >= 15 is 0 Å². The van der Waals surface area contributed by atoms with Crippen molar-refractivity contribution in [2.75, 3.05) is 20.7 Å². The van der Waals surface area contributed by atoms with Gasteiger partial charge in [0.2, 0.25) is 0 Å². The van der Waals surface area contributed by atoms with E-state index in [4.69, 9.17) is 4.74 Å². The highest BCUT2D eigenvalue weighted by Gasteiger charge is 2.13. The highest BCUT2D eigenvalue weighted by molar-refractivity contribution is 5.85. The summed E-state index contributed by atoms with van der Waals surface area (Å²) in [4.78, 5) is 2.25. The lowest BCUT2D eigenvalue weighted by Gasteiger charge is -2.24. The second-order valence-corrected chi connectivity index (χ2v) is 6.04. The van der Waals surface area contributed by atoms with Gasteiger partial charge in [0, 0.05) is 12.5 Å². The largest absolute Gasteiger partial charge is 0.494 e. The Morgan fingerprint density at radius 2 is 1.50 bits per heavy atom. The fourth-order valence-electron chi connectivity index (χ4n) is 2.94. The molecule has 3 heteroatoms. The Kier molecular flexibility index (Phi) is 6.65. The summed E-state index contributed by atoms with van der Waals surface area (Å²) in [6.07, 6.45) is 0.962. The van der Waals surface area contributed by atoms with Crippen molar-refractivity contribution in [3.63, 3.8) is 0 Å². The van der Waals surface area contributed by atoms with Crippen LogP contribution in [-0.2, 0) is 0 Å². The maximum atomic E-state index is 5.99. The SMILES string of the molecule is CN(C)[C@@H](CCOc1ccc2ccccc2c1)c1ccccc1.Cl. The number of nitrogens with zero attached hydrogens (tertiary/aromatic N) is 1. The second kappa shape index (κ2) is 8.72. The third-order valence-corrected chi connectivity index (χ3v) is 4.19. The summed E-state index contributed by atoms with van der Waals surface area (Å²) in [7, 11) is 4.24. The molecular weight excluding hydrogens is 318 g/mol. The minimum Gasteiger partial charge on any atom is -0.494 e. The number of ether oxygens (including phenoxy) is 1. The molecule has 0 aliphatic rings. The maximum Gasteiger partial charge on any atom is 0.119 e. The van der Waals surface area contributed by atoms with Gasteiger partial charge in [0.25, 0.3) is 0 Å². The summed E-state index contributed by atoms with van der Waals surface area (Å²) >= 11 is 0. The minimum atomic E-state index is 0. The maximum absolute atomic E-state index is 5.99. The Bertz CT molecular complexity index is 758. The zero-order valence-corrected chi connectivity index (χ0v) is 15.0. The van der Waals surface area contributed by atoms with Crippen molar-refractivity contribution < 1.29 is 4.74 Å². The highest BCUT2D eigenvalue weighted by atomic mass is 35.5. The normalized spacial score (nSPS) is 12.0. The molecule has 0 aliphatic heterocycles. The van der Waals surface area contributed by atoms with E-state index in [1.807, 2.05) is 0 Å². The van der Waals surface area contributed by atoms with E-state index in [0.29, 0.717) is 12.6 Å². The molecule has 24 heavy (non-hydrogen) atoms. The molecule has 0 saturated heterocycles. The van der Waals surface area contributed by atoms with Crippen molar-refractivity contribution >= 4 is 23.2 Å². The lowest BCUT2D eigenvalue weighted by molar-refractivity contribution is 0.224. The molecule has 0 aromatic heterocycles. The first kappa shape index (κ1) is 18.3. The van der Waals surface area contributed by atoms with Crippen LogP contribution in [0.1, 0.15) is 18.0 Å². The second-order valence-electron chi connectivity index (χ2n) is 6.04. The van der Waals surface area contributed by atoms with Crippen LogP contribution in [0.5, 0.6) is 5.75 Å². The Morgan fingerprint density at radius 1 is 0.833 bits per heavy atom. The van der Waals surface area contributed by atoms with Gasteiger partial charge >= 0.3 is 0 Å². The van der Waals surface area contributed by atoms with E-state index in [-0.39, 0.29) is 12.4 Å². The molecular formula is C21H24ClNO. The van der Waals surface area contributed by atoms with E-state index in [1.165, 1.54) is 16.3 Å². The number of hydrogen-bond acceptors (Lipinski definition) is 2. The lowest BCUT2D eigenvalue weighted by Crippen LogP contribution is -2.22. The number of rotatable bonds is 6. The van der Waals surface area contributed by atoms with Crippen molar-refractivity contribution in [3.05, 3.63) is 78.4 Å². The van der Waals surface area contributed by atoms with Gasteiger partial charge in [-0.05, 0) is 42.6 Å². The molecule has 0 saturated carbocycles. The third-order valence-electron chi connectivity index (χ3n) is 4.19. The molecule has 1 atom stereocenters. The van der Waals surface area contributed by atoms with E-state index in [0.717, 1.165) is 12.2 Å². The quantitative estimate of drug-likeness (QED) is 0.600. The minimum absolute atomic E-state index is 0. The lowest BCUT2D eigenvalue weighted by atomic mass is 10.0. The molecule has 3 aromatic rings. The van der Waals surface area contributed by atoms with Crippen LogP contribution in [0, 0.1) is 0 Å². The first-order valence-electron chi connectivity index (χ1n) is 8.07. The zero-order chi connectivity index (χ0) is 16.1. The first-order chi connectivity index (χ1) is 11.2. The fraction of sp³-hybridized carbons (Fsp3) is 0.238. The summed E-state index contributed by atoms with van der Waals surface area (Å²) in [6.45, 7) is 0.704. The standard InChI is InChI=1S/C21H23NO.ClH/c1-22(2)21(18-9-4-3-5-10-18)14-15-23-20-13-12-17-8-6-7-11-19(17)16-20;/h3-13,16,21H,14-15H2,1-2H3;1H/t21-;/m0./s1. The van der Waals surface area contributed by atoms with Crippen molar-refractivity contribution in [1.29, 1.82) is 0 Å². The predicted octanol–water partition coefficient (Wildman–Crippen LogP) is 5.33. The average molecular weight is 342 g/mol. The van der Waals surface area contributed by atoms with Crippen LogP contribution in [0.4, 0.5) is 0 Å². The molecule has 2 nitrogen and oxygen atoms in total. The summed E-state index contributed by atoms with van der Waals surface area (Å²) in [5.74, 6) is 0.939. The van der Waals surface area contributed by atoms with Crippen LogP contribution in [0.15, 0.2) is 72.8 Å².